The van der Waals surface area contributed by atoms with E-state index in [2.05, 4.69) is 27.9 Å². The fourth-order valence-electron chi connectivity index (χ4n) is 3.70. The van der Waals surface area contributed by atoms with Crippen molar-refractivity contribution in [2.45, 2.75) is 51.0 Å². The van der Waals surface area contributed by atoms with Crippen molar-refractivity contribution in [3.63, 3.8) is 0 Å². The summed E-state index contributed by atoms with van der Waals surface area (Å²) in [5, 5.41) is 10.6. The van der Waals surface area contributed by atoms with E-state index in [1.54, 1.807) is 0 Å². The van der Waals surface area contributed by atoms with Crippen molar-refractivity contribution in [1.29, 1.82) is 0 Å². The van der Waals surface area contributed by atoms with E-state index in [1.165, 1.54) is 43.5 Å². The lowest BCUT2D eigenvalue weighted by Crippen LogP contribution is -2.33. The first kappa shape index (κ1) is 17.5. The van der Waals surface area contributed by atoms with Gasteiger partial charge in [0.2, 0.25) is 0 Å². The summed E-state index contributed by atoms with van der Waals surface area (Å²) >= 11 is 0. The summed E-state index contributed by atoms with van der Waals surface area (Å²) in [6.07, 6.45) is 6.28. The minimum Gasteiger partial charge on any atom is -0.369 e. The predicted molar refractivity (Wildman–Crippen MR) is 106 cm³/mol. The number of H-pyrrole nitrogens is 1. The molecule has 1 saturated carbocycles. The molecule has 1 unspecified atom stereocenters. The Morgan fingerprint density at radius 1 is 1.08 bits per heavy atom. The largest absolute Gasteiger partial charge is 0.369 e. The Bertz CT molecular complexity index is 713. The van der Waals surface area contributed by atoms with Crippen LogP contribution in [0.25, 0.3) is 11.5 Å². The number of aryl methyl sites for hydroxylation is 1. The van der Waals surface area contributed by atoms with Gasteiger partial charge in [0.25, 0.3) is 0 Å². The van der Waals surface area contributed by atoms with E-state index in [4.69, 9.17) is 9.97 Å². The molecule has 1 atom stereocenters. The minimum absolute atomic E-state index is 0.637. The van der Waals surface area contributed by atoms with Gasteiger partial charge in [-0.05, 0) is 64.3 Å². The summed E-state index contributed by atoms with van der Waals surface area (Å²) in [6.45, 7) is 6.23. The van der Waals surface area contributed by atoms with Gasteiger partial charge < -0.3 is 20.9 Å². The molecule has 140 valence electrons. The van der Waals surface area contributed by atoms with Gasteiger partial charge >= 0.3 is 0 Å². The molecule has 6 nitrogen and oxygen atoms in total. The van der Waals surface area contributed by atoms with Gasteiger partial charge in [0.05, 0.1) is 5.69 Å². The molecule has 2 fully saturated rings. The van der Waals surface area contributed by atoms with Crippen LogP contribution in [0.5, 0.6) is 0 Å². The molecule has 4 rings (SSSR count). The molecular weight excluding hydrogens is 324 g/mol. The van der Waals surface area contributed by atoms with Gasteiger partial charge in [0.1, 0.15) is 11.5 Å². The highest BCUT2D eigenvalue weighted by molar-refractivity contribution is 5.54. The van der Waals surface area contributed by atoms with Crippen LogP contribution >= 0.6 is 0 Å². The van der Waals surface area contributed by atoms with Crippen LogP contribution in [-0.4, -0.2) is 47.2 Å². The van der Waals surface area contributed by atoms with E-state index in [-0.39, 0.29) is 0 Å². The quantitative estimate of drug-likeness (QED) is 0.575. The molecule has 2 aliphatic rings. The Labute approximate surface area is 155 Å². The Morgan fingerprint density at radius 2 is 2.00 bits per heavy atom. The van der Waals surface area contributed by atoms with Crippen LogP contribution in [0.3, 0.4) is 0 Å². The zero-order chi connectivity index (χ0) is 17.8. The minimum atomic E-state index is 0.637. The number of hydrogen-bond donors (Lipinski definition) is 4. The lowest BCUT2D eigenvalue weighted by molar-refractivity contribution is 0.478. The fraction of sp³-hybridized carbons (Fsp3) is 0.600. The van der Waals surface area contributed by atoms with Crippen molar-refractivity contribution in [2.75, 3.05) is 31.5 Å². The molecule has 0 spiro atoms. The standard InChI is InChI=1S/C20H30N6/c1-14-19(15-7-8-15)26-20(24-14)17-5-2-6-18(25-17)23-13-12-22-16-4-3-10-21-11-9-16/h2,5-6,15-16,21-22H,3-4,7-13H2,1H3,(H,23,25)(H,24,26). The Kier molecular flexibility index (Phi) is 5.51. The number of hydrogen-bond acceptors (Lipinski definition) is 5. The highest BCUT2D eigenvalue weighted by Crippen LogP contribution is 2.41. The number of pyridine rings is 1. The van der Waals surface area contributed by atoms with Crippen LogP contribution in [0.15, 0.2) is 18.2 Å². The Balaban J connectivity index is 1.30. The van der Waals surface area contributed by atoms with Crippen LogP contribution in [0.4, 0.5) is 5.82 Å². The number of aromatic nitrogens is 3. The summed E-state index contributed by atoms with van der Waals surface area (Å²) in [4.78, 5) is 12.9. The first-order valence-electron chi connectivity index (χ1n) is 10.0. The molecule has 1 saturated heterocycles. The van der Waals surface area contributed by atoms with Crippen molar-refractivity contribution in [2.24, 2.45) is 0 Å². The van der Waals surface area contributed by atoms with Crippen LogP contribution in [0.2, 0.25) is 0 Å². The molecule has 0 amide bonds. The molecule has 6 heteroatoms. The third-order valence-electron chi connectivity index (χ3n) is 5.32. The zero-order valence-electron chi connectivity index (χ0n) is 15.6. The van der Waals surface area contributed by atoms with Gasteiger partial charge in [-0.2, -0.15) is 0 Å². The lowest BCUT2D eigenvalue weighted by Gasteiger charge is -2.16. The van der Waals surface area contributed by atoms with E-state index in [0.717, 1.165) is 43.5 Å². The van der Waals surface area contributed by atoms with E-state index in [9.17, 15) is 0 Å². The molecular formula is C20H30N6. The molecule has 26 heavy (non-hydrogen) atoms. The van der Waals surface area contributed by atoms with Crippen molar-refractivity contribution in [3.8, 4) is 11.5 Å². The normalized spacial score (nSPS) is 20.7. The topological polar surface area (TPSA) is 77.7 Å². The van der Waals surface area contributed by atoms with Crippen LogP contribution in [-0.2, 0) is 0 Å². The molecule has 2 aromatic rings. The molecule has 4 N–H and O–H groups in total. The number of rotatable bonds is 7. The lowest BCUT2D eigenvalue weighted by atomic mass is 10.1. The van der Waals surface area contributed by atoms with E-state index in [1.807, 2.05) is 18.2 Å². The molecule has 0 radical (unpaired) electrons. The Hall–Kier alpha value is -1.92. The number of imidazole rings is 1. The van der Waals surface area contributed by atoms with Crippen molar-refractivity contribution >= 4 is 5.82 Å². The molecule has 1 aliphatic heterocycles. The van der Waals surface area contributed by atoms with Crippen molar-refractivity contribution < 1.29 is 0 Å². The third kappa shape index (κ3) is 4.43. The molecule has 1 aliphatic carbocycles. The van der Waals surface area contributed by atoms with Crippen molar-refractivity contribution in [1.82, 2.24) is 25.6 Å². The smallest absolute Gasteiger partial charge is 0.156 e. The predicted octanol–water partition coefficient (Wildman–Crippen LogP) is 2.80. The average molecular weight is 355 g/mol. The second-order valence-corrected chi connectivity index (χ2v) is 7.54. The van der Waals surface area contributed by atoms with Gasteiger partial charge in [-0.3, -0.25) is 0 Å². The van der Waals surface area contributed by atoms with E-state index >= 15 is 0 Å². The fourth-order valence-corrected chi connectivity index (χ4v) is 3.70. The van der Waals surface area contributed by atoms with Gasteiger partial charge in [-0.1, -0.05) is 6.07 Å². The van der Waals surface area contributed by atoms with Crippen LogP contribution < -0.4 is 16.0 Å². The maximum Gasteiger partial charge on any atom is 0.156 e. The first-order valence-corrected chi connectivity index (χ1v) is 10.0. The average Bonchev–Trinajstić information content (AvgIpc) is 3.46. The van der Waals surface area contributed by atoms with Crippen molar-refractivity contribution in [3.05, 3.63) is 29.6 Å². The molecule has 0 bridgehead atoms. The van der Waals surface area contributed by atoms with Crippen LogP contribution in [0.1, 0.15) is 49.4 Å². The SMILES string of the molecule is Cc1[nH]c(-c2cccc(NCCNC3CCCNCC3)n2)nc1C1CC1. The third-order valence-corrected chi connectivity index (χ3v) is 5.32. The Morgan fingerprint density at radius 3 is 2.88 bits per heavy atom. The maximum absolute atomic E-state index is 4.79. The summed E-state index contributed by atoms with van der Waals surface area (Å²) in [6, 6.07) is 6.73. The second-order valence-electron chi connectivity index (χ2n) is 7.54. The van der Waals surface area contributed by atoms with Crippen LogP contribution in [0, 0.1) is 6.92 Å². The highest BCUT2D eigenvalue weighted by Gasteiger charge is 2.28. The van der Waals surface area contributed by atoms with Gasteiger partial charge in [0.15, 0.2) is 5.82 Å². The molecule has 3 heterocycles. The molecule has 2 aromatic heterocycles. The monoisotopic (exact) mass is 354 g/mol. The second kappa shape index (κ2) is 8.18. The maximum atomic E-state index is 4.79. The van der Waals surface area contributed by atoms with Gasteiger partial charge in [0, 0.05) is 30.7 Å². The van der Waals surface area contributed by atoms with E-state index < -0.39 is 0 Å². The highest BCUT2D eigenvalue weighted by atomic mass is 15.0. The zero-order valence-corrected chi connectivity index (χ0v) is 15.6. The van der Waals surface area contributed by atoms with Gasteiger partial charge in [-0.25, -0.2) is 9.97 Å². The summed E-state index contributed by atoms with van der Waals surface area (Å²) < 4.78 is 0. The summed E-state index contributed by atoms with van der Waals surface area (Å²) in [7, 11) is 0. The van der Waals surface area contributed by atoms with Gasteiger partial charge in [-0.15, -0.1) is 0 Å². The summed E-state index contributed by atoms with van der Waals surface area (Å²) in [5.41, 5.74) is 3.32. The first-order chi connectivity index (χ1) is 12.8. The summed E-state index contributed by atoms with van der Waals surface area (Å²) in [5.74, 6) is 2.46. The molecule has 0 aromatic carbocycles. The number of aromatic amines is 1. The number of anilines is 1. The number of nitrogens with zero attached hydrogens (tertiary/aromatic N) is 2. The number of nitrogens with one attached hydrogen (secondary N) is 4. The van der Waals surface area contributed by atoms with E-state index in [0.29, 0.717) is 12.0 Å².